The van der Waals surface area contributed by atoms with Gasteiger partial charge in [0.15, 0.2) is 0 Å². The van der Waals surface area contributed by atoms with Gasteiger partial charge in [0.2, 0.25) is 0 Å². The number of aromatic nitrogens is 2. The van der Waals surface area contributed by atoms with Crippen molar-refractivity contribution in [1.82, 2.24) is 10.2 Å². The molecule has 0 radical (unpaired) electrons. The van der Waals surface area contributed by atoms with E-state index in [1.165, 1.54) is 12.3 Å². The second-order valence-corrected chi connectivity index (χ2v) is 4.70. The molecule has 0 atom stereocenters. The molecule has 1 aromatic heterocycles. The highest BCUT2D eigenvalue weighted by atomic mass is 79.9. The minimum absolute atomic E-state index is 0.0118. The molecule has 0 saturated heterocycles. The van der Waals surface area contributed by atoms with Crippen LogP contribution in [0.15, 0.2) is 28.9 Å². The summed E-state index contributed by atoms with van der Waals surface area (Å²) in [5.74, 6) is -1.27. The Morgan fingerprint density at radius 1 is 1.50 bits per heavy atom. The molecule has 0 aliphatic rings. The molecule has 4 nitrogen and oxygen atoms in total. The molecule has 1 heterocycles. The number of carboxylic acid groups (broad SMARTS) is 1. The fraction of sp³-hybridized carbons (Fsp3) is 0.167. The van der Waals surface area contributed by atoms with Gasteiger partial charge in [0.1, 0.15) is 5.82 Å². The van der Waals surface area contributed by atoms with Crippen LogP contribution in [-0.4, -0.2) is 21.3 Å². The number of aromatic amines is 1. The maximum atomic E-state index is 13.7. The van der Waals surface area contributed by atoms with Gasteiger partial charge in [0.25, 0.3) is 0 Å². The first-order valence-electron chi connectivity index (χ1n) is 5.27. The first-order chi connectivity index (χ1) is 8.58. The molecule has 94 valence electrons. The number of nitrogens with one attached hydrogen (secondary N) is 1. The predicted octanol–water partition coefficient (Wildman–Crippen LogP) is 3.00. The Morgan fingerprint density at radius 3 is 3.00 bits per heavy atom. The van der Waals surface area contributed by atoms with Crippen LogP contribution in [0, 0.1) is 5.82 Å². The Kier molecular flexibility index (Phi) is 3.76. The summed E-state index contributed by atoms with van der Waals surface area (Å²) in [6, 6.07) is 4.58. The number of aryl methyl sites for hydroxylation is 1. The van der Waals surface area contributed by atoms with Crippen molar-refractivity contribution in [2.24, 2.45) is 0 Å². The fourth-order valence-electron chi connectivity index (χ4n) is 1.66. The van der Waals surface area contributed by atoms with Crippen LogP contribution >= 0.6 is 15.9 Å². The summed E-state index contributed by atoms with van der Waals surface area (Å²) < 4.78 is 14.5. The standard InChI is InChI=1S/C12H10BrFN2O2/c13-8-2-3-10(14)9(5-8)12-7(6-15-16-12)1-4-11(17)18/h2-3,5-6H,1,4H2,(H,15,16)(H,17,18). The fourth-order valence-corrected chi connectivity index (χ4v) is 2.03. The van der Waals surface area contributed by atoms with Gasteiger partial charge in [-0.25, -0.2) is 4.39 Å². The lowest BCUT2D eigenvalue weighted by atomic mass is 10.0. The molecule has 0 amide bonds. The van der Waals surface area contributed by atoms with Crippen molar-refractivity contribution in [3.05, 3.63) is 40.2 Å². The van der Waals surface area contributed by atoms with E-state index < -0.39 is 5.97 Å². The highest BCUT2D eigenvalue weighted by molar-refractivity contribution is 9.10. The highest BCUT2D eigenvalue weighted by Crippen LogP contribution is 2.27. The molecule has 0 bridgehead atoms. The Balaban J connectivity index is 2.36. The highest BCUT2D eigenvalue weighted by Gasteiger charge is 2.13. The number of aliphatic carboxylic acids is 1. The van der Waals surface area contributed by atoms with Crippen LogP contribution < -0.4 is 0 Å². The molecule has 1 aromatic carbocycles. The van der Waals surface area contributed by atoms with Crippen molar-refractivity contribution in [2.75, 3.05) is 0 Å². The predicted molar refractivity (Wildman–Crippen MR) is 67.6 cm³/mol. The lowest BCUT2D eigenvalue weighted by Gasteiger charge is -2.04. The number of carbonyl (C=O) groups is 1. The van der Waals surface area contributed by atoms with E-state index in [2.05, 4.69) is 26.1 Å². The summed E-state index contributed by atoms with van der Waals surface area (Å²) in [5, 5.41) is 15.2. The smallest absolute Gasteiger partial charge is 0.303 e. The number of hydrogen-bond donors (Lipinski definition) is 2. The quantitative estimate of drug-likeness (QED) is 0.912. The minimum Gasteiger partial charge on any atom is -0.481 e. The first-order valence-corrected chi connectivity index (χ1v) is 6.06. The molecular formula is C12H10BrFN2O2. The average Bonchev–Trinajstić information content (AvgIpc) is 2.77. The molecule has 2 N–H and O–H groups in total. The van der Waals surface area contributed by atoms with Gasteiger partial charge >= 0.3 is 5.97 Å². The molecule has 0 saturated carbocycles. The second kappa shape index (κ2) is 5.30. The number of halogens is 2. The third kappa shape index (κ3) is 2.76. The summed E-state index contributed by atoms with van der Waals surface area (Å²) in [6.45, 7) is 0. The van der Waals surface area contributed by atoms with E-state index in [4.69, 9.17) is 5.11 Å². The van der Waals surface area contributed by atoms with Gasteiger partial charge in [0.05, 0.1) is 11.9 Å². The van der Waals surface area contributed by atoms with Crippen molar-refractivity contribution in [2.45, 2.75) is 12.8 Å². The molecule has 18 heavy (non-hydrogen) atoms. The van der Waals surface area contributed by atoms with Crippen LogP contribution in [0.4, 0.5) is 4.39 Å². The third-order valence-corrected chi connectivity index (χ3v) is 3.02. The Hall–Kier alpha value is -1.69. The SMILES string of the molecule is O=C(O)CCc1cn[nH]c1-c1cc(Br)ccc1F. The number of H-pyrrole nitrogens is 1. The van der Waals surface area contributed by atoms with Gasteiger partial charge in [0, 0.05) is 16.5 Å². The Morgan fingerprint density at radius 2 is 2.28 bits per heavy atom. The normalized spacial score (nSPS) is 10.6. The summed E-state index contributed by atoms with van der Waals surface area (Å²) in [4.78, 5) is 10.6. The molecule has 0 aliphatic carbocycles. The Bertz CT molecular complexity index is 583. The monoisotopic (exact) mass is 312 g/mol. The van der Waals surface area contributed by atoms with Crippen LogP contribution in [-0.2, 0) is 11.2 Å². The topological polar surface area (TPSA) is 66.0 Å². The van der Waals surface area contributed by atoms with E-state index in [-0.39, 0.29) is 12.2 Å². The minimum atomic E-state index is -0.892. The zero-order valence-corrected chi connectivity index (χ0v) is 10.9. The van der Waals surface area contributed by atoms with E-state index in [0.717, 1.165) is 4.47 Å². The van der Waals surface area contributed by atoms with E-state index in [1.807, 2.05) is 0 Å². The van der Waals surface area contributed by atoms with Crippen LogP contribution in [0.3, 0.4) is 0 Å². The maximum Gasteiger partial charge on any atom is 0.303 e. The largest absolute Gasteiger partial charge is 0.481 e. The van der Waals surface area contributed by atoms with Crippen molar-refractivity contribution in [3.8, 4) is 11.3 Å². The summed E-state index contributed by atoms with van der Waals surface area (Å²) in [7, 11) is 0. The van der Waals surface area contributed by atoms with E-state index in [0.29, 0.717) is 23.2 Å². The van der Waals surface area contributed by atoms with Crippen LogP contribution in [0.25, 0.3) is 11.3 Å². The average molecular weight is 313 g/mol. The molecule has 6 heteroatoms. The molecule has 0 unspecified atom stereocenters. The maximum absolute atomic E-state index is 13.7. The van der Waals surface area contributed by atoms with Crippen molar-refractivity contribution in [3.63, 3.8) is 0 Å². The van der Waals surface area contributed by atoms with Gasteiger partial charge in [-0.15, -0.1) is 0 Å². The Labute approximate surface area is 111 Å². The molecule has 0 aliphatic heterocycles. The van der Waals surface area contributed by atoms with Gasteiger partial charge in [-0.05, 0) is 30.2 Å². The first kappa shape index (κ1) is 12.8. The zero-order valence-electron chi connectivity index (χ0n) is 9.28. The third-order valence-electron chi connectivity index (χ3n) is 2.52. The van der Waals surface area contributed by atoms with Gasteiger partial charge in [-0.1, -0.05) is 15.9 Å². The molecule has 2 rings (SSSR count). The van der Waals surface area contributed by atoms with Gasteiger partial charge in [-0.2, -0.15) is 5.10 Å². The second-order valence-electron chi connectivity index (χ2n) is 3.79. The van der Waals surface area contributed by atoms with Crippen LogP contribution in [0.2, 0.25) is 0 Å². The van der Waals surface area contributed by atoms with Crippen molar-refractivity contribution < 1.29 is 14.3 Å². The van der Waals surface area contributed by atoms with Crippen LogP contribution in [0.5, 0.6) is 0 Å². The summed E-state index contributed by atoms with van der Waals surface area (Å²) >= 11 is 3.27. The van der Waals surface area contributed by atoms with Crippen LogP contribution in [0.1, 0.15) is 12.0 Å². The van der Waals surface area contributed by atoms with Gasteiger partial charge in [-0.3, -0.25) is 9.89 Å². The van der Waals surface area contributed by atoms with E-state index in [1.54, 1.807) is 12.1 Å². The number of hydrogen-bond acceptors (Lipinski definition) is 2. The molecule has 0 spiro atoms. The van der Waals surface area contributed by atoms with E-state index in [9.17, 15) is 9.18 Å². The molecular weight excluding hydrogens is 303 g/mol. The lowest BCUT2D eigenvalue weighted by Crippen LogP contribution is -1.98. The molecule has 0 fully saturated rings. The summed E-state index contributed by atoms with van der Waals surface area (Å²) in [6.07, 6.45) is 1.83. The number of nitrogens with zero attached hydrogens (tertiary/aromatic N) is 1. The number of rotatable bonds is 4. The number of carboxylic acids is 1. The number of benzene rings is 1. The zero-order chi connectivity index (χ0) is 13.1. The van der Waals surface area contributed by atoms with E-state index >= 15 is 0 Å². The summed E-state index contributed by atoms with van der Waals surface area (Å²) in [5.41, 5.74) is 1.59. The lowest BCUT2D eigenvalue weighted by molar-refractivity contribution is -0.136. The molecule has 2 aromatic rings. The van der Waals surface area contributed by atoms with Gasteiger partial charge < -0.3 is 5.11 Å². The van der Waals surface area contributed by atoms with Crippen molar-refractivity contribution >= 4 is 21.9 Å². The van der Waals surface area contributed by atoms with Crippen molar-refractivity contribution in [1.29, 1.82) is 0 Å².